The molecule has 0 aliphatic rings. The lowest BCUT2D eigenvalue weighted by atomic mass is 9.93. The largest absolute Gasteiger partial charge is 0.309 e. The first-order valence-corrected chi connectivity index (χ1v) is 23.2. The van der Waals surface area contributed by atoms with Crippen LogP contribution >= 0.6 is 0 Å². The second kappa shape index (κ2) is 15.2. The molecule has 4 heteroatoms. The van der Waals surface area contributed by atoms with E-state index < -0.39 is 0 Å². The lowest BCUT2D eigenvalue weighted by Gasteiger charge is -2.14. The summed E-state index contributed by atoms with van der Waals surface area (Å²) in [5.41, 5.74) is 17.7. The van der Waals surface area contributed by atoms with Gasteiger partial charge in [-0.15, -0.1) is 0 Å². The molecule has 0 saturated carbocycles. The second-order valence-electron chi connectivity index (χ2n) is 17.8. The van der Waals surface area contributed by atoms with Gasteiger partial charge >= 0.3 is 0 Å². The Kier molecular flexibility index (Phi) is 8.55. The van der Waals surface area contributed by atoms with E-state index in [0.717, 1.165) is 60.9 Å². The predicted octanol–water partition coefficient (Wildman–Crippen LogP) is 16.8. The Hall–Kier alpha value is -9.12. The van der Waals surface area contributed by atoms with E-state index in [9.17, 15) is 0 Å². The number of aromatic nitrogens is 4. The van der Waals surface area contributed by atoms with Crippen LogP contribution in [0.3, 0.4) is 0 Å². The fourth-order valence-electron chi connectivity index (χ4n) is 10.7. The highest BCUT2D eigenvalue weighted by atomic mass is 15.0. The molecule has 0 amide bonds. The fourth-order valence-corrected chi connectivity index (χ4v) is 10.7. The van der Waals surface area contributed by atoms with Gasteiger partial charge in [-0.2, -0.15) is 0 Å². The third-order valence-corrected chi connectivity index (χ3v) is 13.9. The third kappa shape index (κ3) is 6.01. The Morgan fingerprint density at radius 3 is 1.26 bits per heavy atom. The summed E-state index contributed by atoms with van der Waals surface area (Å²) in [4.78, 5) is 10.7. The molecule has 11 aromatic carbocycles. The number of hydrogen-bond acceptors (Lipinski definition) is 2. The van der Waals surface area contributed by atoms with Gasteiger partial charge in [0.05, 0.1) is 45.0 Å². The molecule has 0 unspecified atom stereocenters. The zero-order valence-corrected chi connectivity index (χ0v) is 36.9. The molecule has 4 nitrogen and oxygen atoms in total. The van der Waals surface area contributed by atoms with Crippen molar-refractivity contribution >= 4 is 76.2 Å². The summed E-state index contributed by atoms with van der Waals surface area (Å²) < 4.78 is 4.76. The monoisotopic (exact) mass is 864 g/mol. The van der Waals surface area contributed by atoms with E-state index >= 15 is 0 Å². The van der Waals surface area contributed by atoms with Gasteiger partial charge in [-0.25, -0.2) is 4.98 Å². The fraction of sp³-hybridized carbons (Fsp3) is 0. The zero-order chi connectivity index (χ0) is 44.7. The number of rotatable bonds is 6. The lowest BCUT2D eigenvalue weighted by Crippen LogP contribution is -1.96. The minimum Gasteiger partial charge on any atom is -0.309 e. The van der Waals surface area contributed by atoms with Crippen LogP contribution in [0.2, 0.25) is 0 Å². The van der Waals surface area contributed by atoms with Crippen LogP contribution in [0.25, 0.3) is 132 Å². The van der Waals surface area contributed by atoms with Crippen molar-refractivity contribution in [2.75, 3.05) is 0 Å². The van der Waals surface area contributed by atoms with Gasteiger partial charge in [-0.05, 0) is 117 Å². The molecule has 0 aliphatic carbocycles. The predicted molar refractivity (Wildman–Crippen MR) is 285 cm³/mol. The van der Waals surface area contributed by atoms with E-state index in [4.69, 9.17) is 9.97 Å². The molecule has 0 bridgehead atoms. The lowest BCUT2D eigenvalue weighted by molar-refractivity contribution is 1.18. The minimum absolute atomic E-state index is 0.833. The van der Waals surface area contributed by atoms with Gasteiger partial charge in [0.2, 0.25) is 0 Å². The van der Waals surface area contributed by atoms with E-state index in [2.05, 4.69) is 246 Å². The number of fused-ring (bicyclic) bond motifs is 12. The van der Waals surface area contributed by atoms with Crippen LogP contribution in [0.4, 0.5) is 0 Å². The van der Waals surface area contributed by atoms with E-state index in [1.807, 2.05) is 6.20 Å². The van der Waals surface area contributed by atoms with Crippen LogP contribution in [-0.2, 0) is 0 Å². The molecule has 0 N–H and O–H groups in total. The molecule has 0 fully saturated rings. The van der Waals surface area contributed by atoms with Crippen molar-refractivity contribution in [3.8, 4) is 56.0 Å². The molecular weight excluding hydrogens is 825 g/mol. The second-order valence-corrected chi connectivity index (χ2v) is 17.8. The molecule has 3 heterocycles. The van der Waals surface area contributed by atoms with Gasteiger partial charge < -0.3 is 9.13 Å². The van der Waals surface area contributed by atoms with Crippen LogP contribution < -0.4 is 0 Å². The average Bonchev–Trinajstić information content (AvgIpc) is 3.93. The standard InChI is InChI=1S/C64H40N4/c1-4-15-41(16-5-1)43-27-31-52-54(36-43)55-37-44(42-17-6-2-7-18-42)28-32-53(55)64-63(52)65-40-58(66-64)47-19-14-22-49(35-47)68-60-26-13-11-24-51(60)57-39-46(30-34-62(57)68)45-29-33-61-56(38-45)50-23-10-12-25-59(50)67(61)48-20-8-3-9-21-48/h1-40H. The molecule has 0 atom stereocenters. The van der Waals surface area contributed by atoms with Crippen molar-refractivity contribution in [2.45, 2.75) is 0 Å². The normalized spacial score (nSPS) is 11.8. The molecule has 0 spiro atoms. The molecule has 14 aromatic rings. The van der Waals surface area contributed by atoms with E-state index in [0.29, 0.717) is 0 Å². The van der Waals surface area contributed by atoms with Crippen LogP contribution in [-0.4, -0.2) is 19.1 Å². The maximum absolute atomic E-state index is 5.48. The Balaban J connectivity index is 0.897. The first kappa shape index (κ1) is 38.2. The third-order valence-electron chi connectivity index (χ3n) is 13.9. The Labute approximate surface area is 392 Å². The zero-order valence-electron chi connectivity index (χ0n) is 36.9. The Morgan fingerprint density at radius 2 is 0.676 bits per heavy atom. The summed E-state index contributed by atoms with van der Waals surface area (Å²) >= 11 is 0. The number of hydrogen-bond donors (Lipinski definition) is 0. The van der Waals surface area contributed by atoms with Crippen molar-refractivity contribution in [3.05, 3.63) is 243 Å². The number of benzene rings is 11. The van der Waals surface area contributed by atoms with E-state index in [1.165, 1.54) is 71.3 Å². The van der Waals surface area contributed by atoms with E-state index in [-0.39, 0.29) is 0 Å². The number of nitrogens with zero attached hydrogens (tertiary/aromatic N) is 4. The highest BCUT2D eigenvalue weighted by molar-refractivity contribution is 6.24. The van der Waals surface area contributed by atoms with Crippen LogP contribution in [0.15, 0.2) is 243 Å². The average molecular weight is 865 g/mol. The van der Waals surface area contributed by atoms with Crippen molar-refractivity contribution in [1.29, 1.82) is 0 Å². The van der Waals surface area contributed by atoms with Crippen LogP contribution in [0, 0.1) is 0 Å². The number of para-hydroxylation sites is 3. The van der Waals surface area contributed by atoms with Crippen molar-refractivity contribution in [2.24, 2.45) is 0 Å². The molecule has 0 saturated heterocycles. The summed E-state index contributed by atoms with van der Waals surface area (Å²) in [6.07, 6.45) is 1.95. The molecule has 3 aromatic heterocycles. The summed E-state index contributed by atoms with van der Waals surface area (Å²) in [6.45, 7) is 0. The molecule has 316 valence electrons. The summed E-state index contributed by atoms with van der Waals surface area (Å²) in [5, 5.41) is 9.43. The molecular formula is C64H40N4. The maximum Gasteiger partial charge on any atom is 0.0979 e. The first-order chi connectivity index (χ1) is 33.7. The van der Waals surface area contributed by atoms with Crippen molar-refractivity contribution in [3.63, 3.8) is 0 Å². The highest BCUT2D eigenvalue weighted by Crippen LogP contribution is 2.41. The topological polar surface area (TPSA) is 35.6 Å². The van der Waals surface area contributed by atoms with Crippen molar-refractivity contribution < 1.29 is 0 Å². The van der Waals surface area contributed by atoms with Gasteiger partial charge in [0.1, 0.15) is 0 Å². The van der Waals surface area contributed by atoms with E-state index in [1.54, 1.807) is 0 Å². The minimum atomic E-state index is 0.833. The summed E-state index contributed by atoms with van der Waals surface area (Å²) in [6, 6.07) is 85.5. The Morgan fingerprint density at radius 1 is 0.250 bits per heavy atom. The summed E-state index contributed by atoms with van der Waals surface area (Å²) in [5.74, 6) is 0. The Bertz CT molecular complexity index is 4300. The highest BCUT2D eigenvalue weighted by Gasteiger charge is 2.19. The smallest absolute Gasteiger partial charge is 0.0979 e. The molecule has 68 heavy (non-hydrogen) atoms. The van der Waals surface area contributed by atoms with Crippen LogP contribution in [0.5, 0.6) is 0 Å². The first-order valence-electron chi connectivity index (χ1n) is 23.2. The molecule has 0 radical (unpaired) electrons. The van der Waals surface area contributed by atoms with Gasteiger partial charge in [0.15, 0.2) is 0 Å². The van der Waals surface area contributed by atoms with Gasteiger partial charge in [-0.1, -0.05) is 164 Å². The van der Waals surface area contributed by atoms with Crippen LogP contribution in [0.1, 0.15) is 0 Å². The van der Waals surface area contributed by atoms with Gasteiger partial charge in [-0.3, -0.25) is 4.98 Å². The van der Waals surface area contributed by atoms with Crippen molar-refractivity contribution in [1.82, 2.24) is 19.1 Å². The van der Waals surface area contributed by atoms with Gasteiger partial charge in [0, 0.05) is 49.3 Å². The maximum atomic E-state index is 5.48. The van der Waals surface area contributed by atoms with Gasteiger partial charge in [0.25, 0.3) is 0 Å². The SMILES string of the molecule is c1ccc(-c2ccc3c(c2)c2cc(-c4ccccc4)ccc2c2nc(-c4cccc(-n5c6ccccc6c6cc(-c7ccc8c(c7)c7ccccc7n8-c7ccccc7)ccc65)c4)cnc32)cc1. The molecule has 14 rings (SSSR count). The summed E-state index contributed by atoms with van der Waals surface area (Å²) in [7, 11) is 0. The molecule has 0 aliphatic heterocycles. The quantitative estimate of drug-likeness (QED) is 0.156.